The summed E-state index contributed by atoms with van der Waals surface area (Å²) in [5.41, 5.74) is 2.39. The molecular formula is C16H20BrNO2. The van der Waals surface area contributed by atoms with Crippen LogP contribution in [0.25, 0.3) is 0 Å². The predicted molar refractivity (Wildman–Crippen MR) is 81.8 cm³/mol. The molecule has 4 heteroatoms. The molecule has 0 amide bonds. The molecule has 0 radical (unpaired) electrons. The molecule has 1 N–H and O–H groups in total. The van der Waals surface area contributed by atoms with Gasteiger partial charge in [-0.2, -0.15) is 0 Å². The number of carbonyl (C=O) groups is 1. The Hall–Kier alpha value is -0.870. The Labute approximate surface area is 128 Å². The summed E-state index contributed by atoms with van der Waals surface area (Å²) in [4.78, 5) is 13.5. The van der Waals surface area contributed by atoms with Gasteiger partial charge in [0.05, 0.1) is 6.42 Å². The summed E-state index contributed by atoms with van der Waals surface area (Å²) in [6.45, 7) is 3.38. The third-order valence-corrected chi connectivity index (χ3v) is 5.34. The van der Waals surface area contributed by atoms with E-state index in [2.05, 4.69) is 39.0 Å². The van der Waals surface area contributed by atoms with Crippen LogP contribution in [0.2, 0.25) is 0 Å². The van der Waals surface area contributed by atoms with Crippen LogP contribution in [-0.4, -0.2) is 29.1 Å². The number of carboxylic acid groups (broad SMARTS) is 1. The second-order valence-corrected chi connectivity index (χ2v) is 6.99. The Morgan fingerprint density at radius 2 is 2.00 bits per heavy atom. The van der Waals surface area contributed by atoms with Crippen molar-refractivity contribution in [2.45, 2.75) is 44.1 Å². The van der Waals surface area contributed by atoms with Crippen LogP contribution >= 0.6 is 15.9 Å². The SMILES string of the molecule is O=C(O)CC1(c2ccc(CN3CCCC3)c(Br)c2)CC1. The first-order chi connectivity index (χ1) is 9.59. The van der Waals surface area contributed by atoms with Crippen molar-refractivity contribution in [1.82, 2.24) is 4.90 Å². The van der Waals surface area contributed by atoms with E-state index in [1.54, 1.807) is 0 Å². The topological polar surface area (TPSA) is 40.5 Å². The fourth-order valence-corrected chi connectivity index (χ4v) is 3.70. The van der Waals surface area contributed by atoms with Crippen molar-refractivity contribution in [3.8, 4) is 0 Å². The molecule has 1 aromatic rings. The zero-order chi connectivity index (χ0) is 14.2. The van der Waals surface area contributed by atoms with E-state index in [0.717, 1.165) is 23.9 Å². The van der Waals surface area contributed by atoms with Crippen molar-refractivity contribution in [3.05, 3.63) is 33.8 Å². The van der Waals surface area contributed by atoms with Crippen molar-refractivity contribution >= 4 is 21.9 Å². The second-order valence-electron chi connectivity index (χ2n) is 6.14. The van der Waals surface area contributed by atoms with Gasteiger partial charge >= 0.3 is 5.97 Å². The molecule has 3 rings (SSSR count). The number of hydrogen-bond donors (Lipinski definition) is 1. The smallest absolute Gasteiger partial charge is 0.304 e. The molecule has 1 aliphatic carbocycles. The number of rotatable bonds is 5. The third kappa shape index (κ3) is 2.91. The van der Waals surface area contributed by atoms with Gasteiger partial charge in [-0.15, -0.1) is 0 Å². The number of hydrogen-bond acceptors (Lipinski definition) is 2. The van der Waals surface area contributed by atoms with Crippen LogP contribution in [-0.2, 0) is 16.8 Å². The van der Waals surface area contributed by atoms with Gasteiger partial charge in [0.1, 0.15) is 0 Å². The van der Waals surface area contributed by atoms with Crippen LogP contribution in [0.1, 0.15) is 43.2 Å². The van der Waals surface area contributed by atoms with Gasteiger partial charge in [0.25, 0.3) is 0 Å². The zero-order valence-electron chi connectivity index (χ0n) is 11.6. The highest BCUT2D eigenvalue weighted by molar-refractivity contribution is 9.10. The van der Waals surface area contributed by atoms with Crippen LogP contribution < -0.4 is 0 Å². The third-order valence-electron chi connectivity index (χ3n) is 4.60. The summed E-state index contributed by atoms with van der Waals surface area (Å²) in [5, 5.41) is 9.05. The van der Waals surface area contributed by atoms with E-state index >= 15 is 0 Å². The highest BCUT2D eigenvalue weighted by Gasteiger charge is 2.46. The molecule has 1 aromatic carbocycles. The van der Waals surface area contributed by atoms with Gasteiger partial charge in [-0.1, -0.05) is 28.1 Å². The van der Waals surface area contributed by atoms with Crippen LogP contribution in [0.3, 0.4) is 0 Å². The van der Waals surface area contributed by atoms with Gasteiger partial charge in [-0.3, -0.25) is 9.69 Å². The highest BCUT2D eigenvalue weighted by atomic mass is 79.9. The first-order valence-corrected chi connectivity index (χ1v) is 8.11. The van der Waals surface area contributed by atoms with Gasteiger partial charge in [-0.25, -0.2) is 0 Å². The fourth-order valence-electron chi connectivity index (χ4n) is 3.19. The van der Waals surface area contributed by atoms with E-state index in [1.165, 1.54) is 37.1 Å². The average Bonchev–Trinajstić information content (AvgIpc) is 2.98. The zero-order valence-corrected chi connectivity index (χ0v) is 13.2. The van der Waals surface area contributed by atoms with Gasteiger partial charge in [0.15, 0.2) is 0 Å². The fraction of sp³-hybridized carbons (Fsp3) is 0.562. The number of nitrogens with zero attached hydrogens (tertiary/aromatic N) is 1. The van der Waals surface area contributed by atoms with Gasteiger partial charge in [-0.05, 0) is 56.0 Å². The van der Waals surface area contributed by atoms with E-state index in [9.17, 15) is 4.79 Å². The standard InChI is InChI=1S/C16H20BrNO2/c17-14-9-13(16(5-6-16)10-15(19)20)4-3-12(14)11-18-7-1-2-8-18/h3-4,9H,1-2,5-8,10-11H2,(H,19,20). The number of halogens is 1. The van der Waals surface area contributed by atoms with E-state index in [1.807, 2.05) is 0 Å². The summed E-state index contributed by atoms with van der Waals surface area (Å²) in [6, 6.07) is 6.44. The molecule has 108 valence electrons. The molecule has 1 aliphatic heterocycles. The van der Waals surface area contributed by atoms with E-state index < -0.39 is 5.97 Å². The summed E-state index contributed by atoms with van der Waals surface area (Å²) < 4.78 is 1.12. The van der Waals surface area contributed by atoms with Crippen molar-refractivity contribution in [3.63, 3.8) is 0 Å². The number of benzene rings is 1. The lowest BCUT2D eigenvalue weighted by atomic mass is 9.92. The van der Waals surface area contributed by atoms with Gasteiger partial charge in [0, 0.05) is 16.4 Å². The second kappa shape index (κ2) is 5.49. The molecule has 0 bridgehead atoms. The summed E-state index contributed by atoms with van der Waals surface area (Å²) in [5.74, 6) is -0.695. The van der Waals surface area contributed by atoms with Crippen molar-refractivity contribution in [2.75, 3.05) is 13.1 Å². The number of likely N-dealkylation sites (tertiary alicyclic amines) is 1. The van der Waals surface area contributed by atoms with Crippen molar-refractivity contribution in [1.29, 1.82) is 0 Å². The van der Waals surface area contributed by atoms with Crippen LogP contribution in [0.4, 0.5) is 0 Å². The van der Waals surface area contributed by atoms with Gasteiger partial charge < -0.3 is 5.11 Å². The summed E-state index contributed by atoms with van der Waals surface area (Å²) in [6.07, 6.45) is 4.86. The molecule has 0 spiro atoms. The Kier molecular flexibility index (Phi) is 3.87. The molecule has 2 fully saturated rings. The maximum absolute atomic E-state index is 11.0. The Bertz CT molecular complexity index is 519. The Morgan fingerprint density at radius 1 is 1.30 bits per heavy atom. The van der Waals surface area contributed by atoms with E-state index in [-0.39, 0.29) is 11.8 Å². The highest BCUT2D eigenvalue weighted by Crippen LogP contribution is 2.51. The van der Waals surface area contributed by atoms with Crippen LogP contribution in [0, 0.1) is 0 Å². The summed E-state index contributed by atoms with van der Waals surface area (Å²) in [7, 11) is 0. The molecule has 0 aromatic heterocycles. The minimum atomic E-state index is -0.695. The molecule has 0 unspecified atom stereocenters. The largest absolute Gasteiger partial charge is 0.481 e. The molecule has 0 atom stereocenters. The van der Waals surface area contributed by atoms with Crippen LogP contribution in [0.5, 0.6) is 0 Å². The minimum Gasteiger partial charge on any atom is -0.481 e. The molecule has 1 saturated heterocycles. The van der Waals surface area contributed by atoms with E-state index in [0.29, 0.717) is 0 Å². The first-order valence-electron chi connectivity index (χ1n) is 7.32. The molecule has 3 nitrogen and oxygen atoms in total. The van der Waals surface area contributed by atoms with Crippen LogP contribution in [0.15, 0.2) is 22.7 Å². The lowest BCUT2D eigenvalue weighted by Crippen LogP contribution is -2.19. The molecule has 20 heavy (non-hydrogen) atoms. The number of carboxylic acids is 1. The quantitative estimate of drug-likeness (QED) is 0.893. The summed E-state index contributed by atoms with van der Waals surface area (Å²) >= 11 is 3.67. The maximum Gasteiger partial charge on any atom is 0.304 e. The van der Waals surface area contributed by atoms with Crippen molar-refractivity contribution in [2.24, 2.45) is 0 Å². The molecule has 1 heterocycles. The van der Waals surface area contributed by atoms with Crippen molar-refractivity contribution < 1.29 is 9.90 Å². The van der Waals surface area contributed by atoms with E-state index in [4.69, 9.17) is 5.11 Å². The predicted octanol–water partition coefficient (Wildman–Crippen LogP) is 3.55. The Balaban J connectivity index is 1.75. The number of aliphatic carboxylic acids is 1. The molecular weight excluding hydrogens is 318 g/mol. The lowest BCUT2D eigenvalue weighted by Gasteiger charge is -2.18. The van der Waals surface area contributed by atoms with Gasteiger partial charge in [0.2, 0.25) is 0 Å². The maximum atomic E-state index is 11.0. The normalized spacial score (nSPS) is 21.1. The average molecular weight is 338 g/mol. The first kappa shape index (κ1) is 14.1. The lowest BCUT2D eigenvalue weighted by molar-refractivity contribution is -0.137. The molecule has 1 saturated carbocycles. The minimum absolute atomic E-state index is 0.0967. The Morgan fingerprint density at radius 3 is 2.55 bits per heavy atom. The monoisotopic (exact) mass is 337 g/mol. The molecule has 2 aliphatic rings.